The highest BCUT2D eigenvalue weighted by molar-refractivity contribution is 8.15. The Kier molecular flexibility index (Phi) is 11.4. The summed E-state index contributed by atoms with van der Waals surface area (Å²) in [6.45, 7) is 6.13. The van der Waals surface area contributed by atoms with Gasteiger partial charge in [0.1, 0.15) is 0 Å². The maximum Gasteiger partial charge on any atom is 0.191 e. The summed E-state index contributed by atoms with van der Waals surface area (Å²) in [5.74, 6) is 0. The molecular formula is C31H36O2S5. The van der Waals surface area contributed by atoms with E-state index in [9.17, 15) is 9.59 Å². The summed E-state index contributed by atoms with van der Waals surface area (Å²) in [7, 11) is 0. The number of carbonyl (C=O) groups excluding carboxylic acids is 2. The predicted octanol–water partition coefficient (Wildman–Crippen LogP) is 11.6. The van der Waals surface area contributed by atoms with Crippen LogP contribution < -0.4 is 0 Å². The molecule has 0 atom stereocenters. The number of thiophene rings is 4. The highest BCUT2D eigenvalue weighted by Gasteiger charge is 2.17. The summed E-state index contributed by atoms with van der Waals surface area (Å²) >= 11 is 8.41. The number of carbonyl (C=O) groups is 2. The van der Waals surface area contributed by atoms with Gasteiger partial charge < -0.3 is 0 Å². The minimum Gasteiger partial charge on any atom is -0.297 e. The van der Waals surface area contributed by atoms with Gasteiger partial charge in [-0.15, -0.1) is 45.3 Å². The molecule has 0 unspecified atom stereocenters. The van der Waals surface area contributed by atoms with E-state index in [1.807, 2.05) is 22.7 Å². The first-order valence-corrected chi connectivity index (χ1v) is 17.7. The van der Waals surface area contributed by atoms with E-state index in [4.69, 9.17) is 0 Å². The molecule has 4 aromatic rings. The molecule has 0 fully saturated rings. The van der Waals surface area contributed by atoms with Crippen molar-refractivity contribution in [1.29, 1.82) is 0 Å². The Labute approximate surface area is 247 Å². The van der Waals surface area contributed by atoms with Crippen LogP contribution in [0.5, 0.6) is 0 Å². The molecular weight excluding hydrogens is 565 g/mol. The van der Waals surface area contributed by atoms with Gasteiger partial charge in [-0.05, 0) is 85.0 Å². The van der Waals surface area contributed by atoms with Gasteiger partial charge in [-0.1, -0.05) is 52.4 Å². The molecule has 202 valence electrons. The molecule has 4 aromatic heterocycles. The highest BCUT2D eigenvalue weighted by Crippen LogP contribution is 2.46. The molecule has 0 aliphatic heterocycles. The summed E-state index contributed by atoms with van der Waals surface area (Å²) < 4.78 is 1.10. The van der Waals surface area contributed by atoms with E-state index in [1.54, 1.807) is 29.6 Å². The van der Waals surface area contributed by atoms with E-state index in [0.717, 1.165) is 28.2 Å². The average molecular weight is 601 g/mol. The van der Waals surface area contributed by atoms with Gasteiger partial charge in [0.05, 0.1) is 9.09 Å². The zero-order valence-electron chi connectivity index (χ0n) is 22.5. The highest BCUT2D eigenvalue weighted by atomic mass is 32.2. The maximum absolute atomic E-state index is 11.8. The molecule has 0 amide bonds. The third-order valence-electron chi connectivity index (χ3n) is 6.48. The average Bonchev–Trinajstić information content (AvgIpc) is 3.69. The first kappa shape index (κ1) is 29.5. The van der Waals surface area contributed by atoms with Gasteiger partial charge in [0.2, 0.25) is 0 Å². The third kappa shape index (κ3) is 7.79. The van der Waals surface area contributed by atoms with Crippen molar-refractivity contribution in [1.82, 2.24) is 0 Å². The molecule has 0 aliphatic rings. The zero-order valence-corrected chi connectivity index (χ0v) is 26.6. The number of unbranched alkanes of at least 4 members (excludes halogenated alkanes) is 6. The standard InChI is InChI=1S/C31H36O2S5/c1-4-6-8-10-12-22-18-24(20-32)35-30(22)27-16-14-25(36-27)26-15-17-28(37-26)31-23(13-11-9-7-5-2)19-29(38-31)34-21(3)33/h14-20H,4-13H2,1-3H3. The summed E-state index contributed by atoms with van der Waals surface area (Å²) in [6.07, 6.45) is 13.0. The molecule has 0 bridgehead atoms. The van der Waals surface area contributed by atoms with Crippen molar-refractivity contribution in [3.8, 4) is 29.3 Å². The predicted molar refractivity (Wildman–Crippen MR) is 172 cm³/mol. The summed E-state index contributed by atoms with van der Waals surface area (Å²) in [5, 5.41) is 0.143. The Morgan fingerprint density at radius 2 is 1.24 bits per heavy atom. The Morgan fingerprint density at radius 1 is 0.711 bits per heavy atom. The Bertz CT molecular complexity index is 1340. The molecule has 2 nitrogen and oxygen atoms in total. The van der Waals surface area contributed by atoms with E-state index in [0.29, 0.717) is 0 Å². The van der Waals surface area contributed by atoms with Crippen LogP contribution in [-0.2, 0) is 17.6 Å². The fourth-order valence-corrected chi connectivity index (χ4v) is 10.2. The molecule has 7 heteroatoms. The Balaban J connectivity index is 1.55. The van der Waals surface area contributed by atoms with Crippen LogP contribution in [0.4, 0.5) is 0 Å². The second-order valence-electron chi connectivity index (χ2n) is 9.58. The van der Waals surface area contributed by atoms with Crippen LogP contribution in [0.2, 0.25) is 0 Å². The van der Waals surface area contributed by atoms with Gasteiger partial charge >= 0.3 is 0 Å². The van der Waals surface area contributed by atoms with E-state index in [-0.39, 0.29) is 5.12 Å². The first-order chi connectivity index (χ1) is 18.5. The van der Waals surface area contributed by atoms with Crippen molar-refractivity contribution in [2.45, 2.75) is 89.2 Å². The molecule has 0 saturated heterocycles. The zero-order chi connectivity index (χ0) is 26.9. The molecule has 0 spiro atoms. The molecule has 0 aromatic carbocycles. The normalized spacial score (nSPS) is 11.3. The number of hydrogen-bond donors (Lipinski definition) is 0. The Hall–Kier alpha value is -1.51. The largest absolute Gasteiger partial charge is 0.297 e. The van der Waals surface area contributed by atoms with Gasteiger partial charge in [0.15, 0.2) is 11.4 Å². The number of hydrogen-bond acceptors (Lipinski definition) is 7. The van der Waals surface area contributed by atoms with Crippen LogP contribution in [0.15, 0.2) is 40.6 Å². The van der Waals surface area contributed by atoms with Crippen molar-refractivity contribution in [3.05, 3.63) is 52.4 Å². The lowest BCUT2D eigenvalue weighted by atomic mass is 10.1. The second-order valence-corrected chi connectivity index (χ2v) is 15.4. The number of thioether (sulfide) groups is 1. The van der Waals surface area contributed by atoms with Crippen molar-refractivity contribution < 1.29 is 9.59 Å². The summed E-state index contributed by atoms with van der Waals surface area (Å²) in [6, 6.07) is 13.3. The maximum atomic E-state index is 11.8. The van der Waals surface area contributed by atoms with E-state index >= 15 is 0 Å². The fourth-order valence-electron chi connectivity index (χ4n) is 4.56. The summed E-state index contributed by atoms with van der Waals surface area (Å²) in [5.41, 5.74) is 2.69. The fraction of sp³-hybridized carbons (Fsp3) is 0.419. The minimum absolute atomic E-state index is 0.143. The van der Waals surface area contributed by atoms with Crippen LogP contribution in [0.3, 0.4) is 0 Å². The monoisotopic (exact) mass is 600 g/mol. The van der Waals surface area contributed by atoms with Crippen LogP contribution in [0.25, 0.3) is 29.3 Å². The van der Waals surface area contributed by atoms with Crippen molar-refractivity contribution in [2.75, 3.05) is 0 Å². The van der Waals surface area contributed by atoms with Crippen LogP contribution in [-0.4, -0.2) is 11.4 Å². The third-order valence-corrected chi connectivity index (χ3v) is 12.4. The van der Waals surface area contributed by atoms with E-state index < -0.39 is 0 Å². The Morgan fingerprint density at radius 3 is 1.76 bits per heavy atom. The van der Waals surface area contributed by atoms with Gasteiger partial charge in [0, 0.05) is 36.2 Å². The van der Waals surface area contributed by atoms with Crippen LogP contribution >= 0.6 is 57.1 Å². The number of aldehydes is 1. The molecule has 38 heavy (non-hydrogen) atoms. The van der Waals surface area contributed by atoms with Gasteiger partial charge in [-0.2, -0.15) is 0 Å². The molecule has 4 heterocycles. The SMILES string of the molecule is CCCCCCc1cc(C=O)sc1-c1ccc(-c2ccc(-c3sc(SC(C)=O)cc3CCCCCC)s2)s1. The van der Waals surface area contributed by atoms with Gasteiger partial charge in [-0.25, -0.2) is 0 Å². The van der Waals surface area contributed by atoms with Gasteiger partial charge in [-0.3, -0.25) is 9.59 Å². The quantitative estimate of drug-likeness (QED) is 0.0773. The molecule has 0 saturated carbocycles. The molecule has 0 aliphatic carbocycles. The van der Waals surface area contributed by atoms with Crippen LogP contribution in [0, 0.1) is 0 Å². The molecule has 0 radical (unpaired) electrons. The van der Waals surface area contributed by atoms with Crippen molar-refractivity contribution in [2.24, 2.45) is 0 Å². The minimum atomic E-state index is 0.143. The number of aryl methyl sites for hydroxylation is 2. The van der Waals surface area contributed by atoms with E-state index in [2.05, 4.69) is 50.2 Å². The van der Waals surface area contributed by atoms with Gasteiger partial charge in [0.25, 0.3) is 0 Å². The lowest BCUT2D eigenvalue weighted by Crippen LogP contribution is -1.85. The lowest BCUT2D eigenvalue weighted by Gasteiger charge is -2.02. The smallest absolute Gasteiger partial charge is 0.191 e. The second kappa shape index (κ2) is 14.8. The van der Waals surface area contributed by atoms with Crippen LogP contribution in [0.1, 0.15) is 92.9 Å². The first-order valence-electron chi connectivity index (χ1n) is 13.6. The number of rotatable bonds is 15. The molecule has 0 N–H and O–H groups in total. The van der Waals surface area contributed by atoms with E-state index in [1.165, 1.54) is 104 Å². The topological polar surface area (TPSA) is 34.1 Å². The lowest BCUT2D eigenvalue weighted by molar-refractivity contribution is -0.109. The van der Waals surface area contributed by atoms with Crippen molar-refractivity contribution in [3.63, 3.8) is 0 Å². The van der Waals surface area contributed by atoms with Crippen molar-refractivity contribution >= 4 is 68.5 Å². The molecule has 4 rings (SSSR count). The summed E-state index contributed by atoms with van der Waals surface area (Å²) in [4.78, 5) is 31.8.